The molecule has 0 saturated heterocycles. The van der Waals surface area contributed by atoms with Crippen LogP contribution in [-0.2, 0) is 16.6 Å². The molecule has 0 aliphatic carbocycles. The third kappa shape index (κ3) is 6.38. The van der Waals surface area contributed by atoms with Crippen molar-refractivity contribution in [2.45, 2.75) is 31.5 Å². The SMILES string of the molecule is CCOc1ccc(N2C(=O)c3cc(S(=O)(=O)Nc4ccc(C)cc4)ccc3N(Cc3ccccc3)[C@@H]2c2ccccc2[N+](=O)[O-])cc1. The van der Waals surface area contributed by atoms with Gasteiger partial charge in [0, 0.05) is 24.0 Å². The number of anilines is 3. The van der Waals surface area contributed by atoms with E-state index >= 15 is 0 Å². The average molecular weight is 649 g/mol. The van der Waals surface area contributed by atoms with Gasteiger partial charge in [-0.25, -0.2) is 8.42 Å². The van der Waals surface area contributed by atoms with Crippen molar-refractivity contribution in [1.29, 1.82) is 0 Å². The number of nitro benzene ring substituents is 1. The van der Waals surface area contributed by atoms with Gasteiger partial charge in [0.15, 0.2) is 0 Å². The number of benzene rings is 5. The van der Waals surface area contributed by atoms with E-state index in [0.717, 1.165) is 11.1 Å². The summed E-state index contributed by atoms with van der Waals surface area (Å²) in [5, 5.41) is 12.3. The Hall–Kier alpha value is -5.68. The van der Waals surface area contributed by atoms with E-state index in [1.54, 1.807) is 72.8 Å². The number of amides is 1. The summed E-state index contributed by atoms with van der Waals surface area (Å²) in [4.78, 5) is 29.8. The fourth-order valence-electron chi connectivity index (χ4n) is 5.71. The fraction of sp³-hybridized carbons (Fsp3) is 0.139. The van der Waals surface area contributed by atoms with Crippen LogP contribution >= 0.6 is 0 Å². The Kier molecular flexibility index (Phi) is 8.64. The number of fused-ring (bicyclic) bond motifs is 1. The Bertz CT molecular complexity index is 2040. The monoisotopic (exact) mass is 648 g/mol. The molecule has 1 N–H and O–H groups in total. The van der Waals surface area contributed by atoms with Gasteiger partial charge in [-0.2, -0.15) is 0 Å². The second kappa shape index (κ2) is 13.0. The molecule has 0 fully saturated rings. The van der Waals surface area contributed by atoms with Crippen molar-refractivity contribution >= 4 is 38.7 Å². The minimum atomic E-state index is -4.08. The first-order valence-corrected chi connectivity index (χ1v) is 16.5. The van der Waals surface area contributed by atoms with Crippen molar-refractivity contribution in [1.82, 2.24) is 0 Å². The Labute approximate surface area is 273 Å². The van der Waals surface area contributed by atoms with Crippen LogP contribution in [0.2, 0.25) is 0 Å². The fourth-order valence-corrected chi connectivity index (χ4v) is 6.80. The highest BCUT2D eigenvalue weighted by Gasteiger charge is 2.42. The number of para-hydroxylation sites is 1. The van der Waals surface area contributed by atoms with Crippen LogP contribution in [-0.4, -0.2) is 25.9 Å². The molecule has 0 saturated carbocycles. The molecule has 1 heterocycles. The molecule has 47 heavy (non-hydrogen) atoms. The summed E-state index contributed by atoms with van der Waals surface area (Å²) in [5.74, 6) is 0.0871. The predicted molar refractivity (Wildman–Crippen MR) is 181 cm³/mol. The molecule has 0 unspecified atom stereocenters. The number of hydrogen-bond acceptors (Lipinski definition) is 7. The van der Waals surface area contributed by atoms with Gasteiger partial charge in [-0.05, 0) is 80.1 Å². The number of nitrogens with one attached hydrogen (secondary N) is 1. The van der Waals surface area contributed by atoms with Gasteiger partial charge in [-0.3, -0.25) is 24.5 Å². The number of carbonyl (C=O) groups is 1. The Morgan fingerprint density at radius 3 is 2.23 bits per heavy atom. The van der Waals surface area contributed by atoms with Crippen molar-refractivity contribution in [2.24, 2.45) is 0 Å². The lowest BCUT2D eigenvalue weighted by atomic mass is 9.98. The number of aryl methyl sites for hydroxylation is 1. The zero-order chi connectivity index (χ0) is 33.1. The lowest BCUT2D eigenvalue weighted by molar-refractivity contribution is -0.385. The van der Waals surface area contributed by atoms with Crippen LogP contribution in [0, 0.1) is 17.0 Å². The smallest absolute Gasteiger partial charge is 0.276 e. The van der Waals surface area contributed by atoms with Crippen LogP contribution in [0.25, 0.3) is 0 Å². The summed E-state index contributed by atoms with van der Waals surface area (Å²) in [7, 11) is -4.08. The van der Waals surface area contributed by atoms with Crippen LogP contribution < -0.4 is 19.3 Å². The van der Waals surface area contributed by atoms with Gasteiger partial charge in [0.2, 0.25) is 0 Å². The Morgan fingerprint density at radius 1 is 0.872 bits per heavy atom. The number of sulfonamides is 1. The molecule has 1 aliphatic heterocycles. The maximum atomic E-state index is 14.6. The van der Waals surface area contributed by atoms with Gasteiger partial charge in [0.1, 0.15) is 11.9 Å². The van der Waals surface area contributed by atoms with Gasteiger partial charge in [-0.1, -0.05) is 60.2 Å². The molecular weight excluding hydrogens is 616 g/mol. The maximum Gasteiger partial charge on any atom is 0.276 e. The van der Waals surface area contributed by atoms with E-state index in [9.17, 15) is 23.3 Å². The van der Waals surface area contributed by atoms with Gasteiger partial charge >= 0.3 is 0 Å². The third-order valence-corrected chi connectivity index (χ3v) is 9.29. The zero-order valence-electron chi connectivity index (χ0n) is 25.7. The van der Waals surface area contributed by atoms with Gasteiger partial charge < -0.3 is 9.64 Å². The van der Waals surface area contributed by atoms with E-state index in [1.165, 1.54) is 23.1 Å². The number of rotatable bonds is 10. The molecule has 6 rings (SSSR count). The first kappa shape index (κ1) is 31.3. The van der Waals surface area contributed by atoms with Gasteiger partial charge in [-0.15, -0.1) is 0 Å². The first-order valence-electron chi connectivity index (χ1n) is 15.0. The molecule has 5 aromatic carbocycles. The number of nitrogens with zero attached hydrogens (tertiary/aromatic N) is 3. The average Bonchev–Trinajstić information content (AvgIpc) is 3.07. The molecule has 1 aliphatic rings. The van der Waals surface area contributed by atoms with E-state index in [4.69, 9.17) is 4.74 Å². The van der Waals surface area contributed by atoms with Gasteiger partial charge in [0.25, 0.3) is 21.6 Å². The summed E-state index contributed by atoms with van der Waals surface area (Å²) in [5.41, 5.74) is 3.45. The van der Waals surface area contributed by atoms with Crippen LogP contribution in [0.4, 0.5) is 22.7 Å². The van der Waals surface area contributed by atoms with E-state index in [1.807, 2.05) is 49.1 Å². The Morgan fingerprint density at radius 2 is 1.55 bits per heavy atom. The largest absolute Gasteiger partial charge is 0.494 e. The van der Waals surface area contributed by atoms with Crippen LogP contribution in [0.5, 0.6) is 5.75 Å². The molecule has 0 radical (unpaired) electrons. The quantitative estimate of drug-likeness (QED) is 0.123. The van der Waals surface area contributed by atoms with Crippen LogP contribution in [0.15, 0.2) is 126 Å². The second-order valence-electron chi connectivity index (χ2n) is 11.1. The topological polar surface area (TPSA) is 122 Å². The number of ether oxygens (including phenoxy) is 1. The highest BCUT2D eigenvalue weighted by Crippen LogP contribution is 2.45. The number of carbonyl (C=O) groups excluding carboxylic acids is 1. The highest BCUT2D eigenvalue weighted by molar-refractivity contribution is 7.92. The molecule has 1 amide bonds. The Balaban J connectivity index is 1.55. The first-order chi connectivity index (χ1) is 22.7. The van der Waals surface area contributed by atoms with E-state index < -0.39 is 27.0 Å². The van der Waals surface area contributed by atoms with Crippen LogP contribution in [0.3, 0.4) is 0 Å². The number of hydrogen-bond donors (Lipinski definition) is 1. The number of nitro groups is 1. The minimum absolute atomic E-state index is 0.0966. The molecule has 0 aromatic heterocycles. The van der Waals surface area contributed by atoms with E-state index in [-0.39, 0.29) is 22.7 Å². The summed E-state index contributed by atoms with van der Waals surface area (Å²) in [6.07, 6.45) is -0.956. The molecule has 11 heteroatoms. The van der Waals surface area contributed by atoms with Crippen molar-refractivity contribution in [3.8, 4) is 5.75 Å². The summed E-state index contributed by atoms with van der Waals surface area (Å²) < 4.78 is 35.4. The van der Waals surface area contributed by atoms with E-state index in [0.29, 0.717) is 35.0 Å². The normalized spacial score (nSPS) is 14.4. The summed E-state index contributed by atoms with van der Waals surface area (Å²) >= 11 is 0. The lowest BCUT2D eigenvalue weighted by Gasteiger charge is -2.45. The maximum absolute atomic E-state index is 14.6. The van der Waals surface area contributed by atoms with Crippen molar-refractivity contribution in [3.63, 3.8) is 0 Å². The lowest BCUT2D eigenvalue weighted by Crippen LogP contribution is -2.49. The molecular formula is C36H32N4O6S. The van der Waals surface area contributed by atoms with Crippen molar-refractivity contribution < 1.29 is 22.9 Å². The standard InChI is InChI=1S/C36H32N4O6S/c1-3-46-29-19-17-28(18-20-29)39-35(31-11-7-8-12-34(31)40(42)43)38(24-26-9-5-4-6-10-26)33-22-21-30(23-32(33)36(39)41)47(44,45)37-27-15-13-25(2)14-16-27/h4-23,35,37H,3,24H2,1-2H3/t35-/m0/s1. The van der Waals surface area contributed by atoms with E-state index in [2.05, 4.69) is 4.72 Å². The zero-order valence-corrected chi connectivity index (χ0v) is 26.6. The molecule has 5 aromatic rings. The molecule has 1 atom stereocenters. The second-order valence-corrected chi connectivity index (χ2v) is 12.7. The predicted octanol–water partition coefficient (Wildman–Crippen LogP) is 7.47. The molecule has 0 bridgehead atoms. The minimum Gasteiger partial charge on any atom is -0.494 e. The summed E-state index contributed by atoms with van der Waals surface area (Å²) in [6, 6.07) is 34.1. The van der Waals surface area contributed by atoms with Gasteiger partial charge in [0.05, 0.1) is 33.2 Å². The summed E-state index contributed by atoms with van der Waals surface area (Å²) in [6.45, 7) is 4.48. The van der Waals surface area contributed by atoms with Crippen LogP contribution in [0.1, 0.15) is 40.1 Å². The molecule has 238 valence electrons. The third-order valence-electron chi connectivity index (χ3n) is 7.91. The van der Waals surface area contributed by atoms with Crippen molar-refractivity contribution in [3.05, 3.63) is 154 Å². The van der Waals surface area contributed by atoms with Crippen molar-refractivity contribution in [2.75, 3.05) is 21.1 Å². The highest BCUT2D eigenvalue weighted by atomic mass is 32.2. The molecule has 0 spiro atoms. The molecule has 10 nitrogen and oxygen atoms in total.